The number of piperidine rings is 3. The first kappa shape index (κ1) is 21.1. The van der Waals surface area contributed by atoms with Gasteiger partial charge in [0.05, 0.1) is 6.54 Å². The lowest BCUT2D eigenvalue weighted by atomic mass is 9.76. The minimum absolute atomic E-state index is 0.249. The van der Waals surface area contributed by atoms with Gasteiger partial charge in [0.1, 0.15) is 0 Å². The second kappa shape index (κ2) is 8.62. The summed E-state index contributed by atoms with van der Waals surface area (Å²) in [5.41, 5.74) is 2.40. The van der Waals surface area contributed by atoms with Gasteiger partial charge in [0.15, 0.2) is 0 Å². The van der Waals surface area contributed by atoms with Crippen LogP contribution in [-0.2, 0) is 9.59 Å². The number of aryl methyl sites for hydroxylation is 1. The zero-order valence-electron chi connectivity index (χ0n) is 18.4. The Balaban J connectivity index is 1.16. The van der Waals surface area contributed by atoms with Crippen LogP contribution in [0, 0.1) is 18.8 Å². The predicted molar refractivity (Wildman–Crippen MR) is 122 cm³/mol. The van der Waals surface area contributed by atoms with Crippen LogP contribution >= 0.6 is 11.6 Å². The van der Waals surface area contributed by atoms with E-state index in [4.69, 9.17) is 11.6 Å². The van der Waals surface area contributed by atoms with Crippen molar-refractivity contribution < 1.29 is 9.59 Å². The minimum atomic E-state index is 0.249. The number of hydrogen-bond acceptors (Lipinski definition) is 4. The van der Waals surface area contributed by atoms with Crippen LogP contribution in [-0.4, -0.2) is 84.9 Å². The Morgan fingerprint density at radius 2 is 1.94 bits per heavy atom. The lowest BCUT2D eigenvalue weighted by molar-refractivity contribution is -0.146. The maximum Gasteiger partial charge on any atom is 0.236 e. The number of nitrogens with zero attached hydrogens (tertiary/aromatic N) is 4. The highest BCUT2D eigenvalue weighted by molar-refractivity contribution is 6.30. The van der Waals surface area contributed by atoms with E-state index in [0.717, 1.165) is 70.1 Å². The Morgan fingerprint density at radius 3 is 2.74 bits per heavy atom. The molecule has 31 heavy (non-hydrogen) atoms. The van der Waals surface area contributed by atoms with Crippen LogP contribution in [0.15, 0.2) is 18.2 Å². The van der Waals surface area contributed by atoms with Gasteiger partial charge in [-0.15, -0.1) is 0 Å². The fourth-order valence-corrected chi connectivity index (χ4v) is 6.42. The number of hydrogen-bond donors (Lipinski definition) is 0. The smallest absolute Gasteiger partial charge is 0.236 e. The summed E-state index contributed by atoms with van der Waals surface area (Å²) in [7, 11) is 0. The molecule has 4 saturated heterocycles. The van der Waals surface area contributed by atoms with Crippen LogP contribution in [0.5, 0.6) is 0 Å². The number of carbonyl (C=O) groups is 2. The molecule has 2 unspecified atom stereocenters. The van der Waals surface area contributed by atoms with Gasteiger partial charge >= 0.3 is 0 Å². The normalized spacial score (nSPS) is 29.2. The molecule has 0 radical (unpaired) electrons. The molecule has 3 atom stereocenters. The quantitative estimate of drug-likeness (QED) is 0.719. The summed E-state index contributed by atoms with van der Waals surface area (Å²) >= 11 is 6.20. The number of halogens is 1. The maximum atomic E-state index is 13.1. The third kappa shape index (κ3) is 4.29. The van der Waals surface area contributed by atoms with Crippen molar-refractivity contribution in [2.45, 2.75) is 38.6 Å². The fourth-order valence-electron chi connectivity index (χ4n) is 6.25. The van der Waals surface area contributed by atoms with Crippen molar-refractivity contribution in [2.75, 3.05) is 57.3 Å². The number of amides is 2. The summed E-state index contributed by atoms with van der Waals surface area (Å²) in [6.45, 7) is 8.63. The molecule has 4 aliphatic rings. The molecule has 0 N–H and O–H groups in total. The Bertz CT molecular complexity index is 854. The third-order valence-corrected chi connectivity index (χ3v) is 7.99. The number of likely N-dealkylation sites (tertiary alicyclic amines) is 1. The van der Waals surface area contributed by atoms with E-state index >= 15 is 0 Å². The van der Waals surface area contributed by atoms with Crippen molar-refractivity contribution in [3.05, 3.63) is 28.8 Å². The van der Waals surface area contributed by atoms with Crippen molar-refractivity contribution in [2.24, 2.45) is 11.8 Å². The standard InChI is InChI=1S/C24H33ClN4O2/c1-17-5-6-20(25)12-22(17)27-7-9-28(10-8-27)24(31)16-26-13-18-11-19(15-26)21-3-2-4-23(30)29(21)14-18/h5-6,12,18-19,21H,2-4,7-11,13-16H2,1H3/t18?,19?,21-/m1/s1. The number of rotatable bonds is 3. The van der Waals surface area contributed by atoms with E-state index in [9.17, 15) is 9.59 Å². The minimum Gasteiger partial charge on any atom is -0.368 e. The van der Waals surface area contributed by atoms with Gasteiger partial charge in [0.2, 0.25) is 11.8 Å². The van der Waals surface area contributed by atoms with Crippen LogP contribution in [0.25, 0.3) is 0 Å². The largest absolute Gasteiger partial charge is 0.368 e. The van der Waals surface area contributed by atoms with E-state index in [1.165, 1.54) is 17.7 Å². The summed E-state index contributed by atoms with van der Waals surface area (Å²) in [6.07, 6.45) is 4.10. The molecule has 0 spiro atoms. The van der Waals surface area contributed by atoms with Crippen molar-refractivity contribution >= 4 is 29.1 Å². The lowest BCUT2D eigenvalue weighted by Gasteiger charge is -2.52. The molecule has 1 aromatic carbocycles. The molecule has 0 aliphatic carbocycles. The Hall–Kier alpha value is -1.79. The SMILES string of the molecule is Cc1ccc(Cl)cc1N1CCN(C(=O)CN2CC3CC(C2)[C@H]2CCCC(=O)N2C3)CC1. The molecule has 0 saturated carbocycles. The van der Waals surface area contributed by atoms with Gasteiger partial charge in [-0.2, -0.15) is 0 Å². The molecule has 168 valence electrons. The molecule has 5 rings (SSSR count). The molecule has 2 amide bonds. The highest BCUT2D eigenvalue weighted by atomic mass is 35.5. The molecule has 4 fully saturated rings. The van der Waals surface area contributed by atoms with E-state index in [1.807, 2.05) is 17.0 Å². The van der Waals surface area contributed by atoms with Gasteiger partial charge in [-0.3, -0.25) is 14.5 Å². The summed E-state index contributed by atoms with van der Waals surface area (Å²) in [6, 6.07) is 6.42. The molecule has 4 heterocycles. The Labute approximate surface area is 190 Å². The van der Waals surface area contributed by atoms with E-state index in [-0.39, 0.29) is 5.91 Å². The molecule has 2 bridgehead atoms. The van der Waals surface area contributed by atoms with Gasteiger partial charge in [0, 0.05) is 69.0 Å². The molecular formula is C24H33ClN4O2. The fraction of sp³-hybridized carbons (Fsp3) is 0.667. The van der Waals surface area contributed by atoms with Crippen LogP contribution < -0.4 is 4.90 Å². The van der Waals surface area contributed by atoms with Crippen molar-refractivity contribution in [3.63, 3.8) is 0 Å². The molecule has 7 heteroatoms. The zero-order valence-corrected chi connectivity index (χ0v) is 19.2. The van der Waals surface area contributed by atoms with Crippen molar-refractivity contribution in [3.8, 4) is 0 Å². The zero-order chi connectivity index (χ0) is 21.5. The molecule has 4 aliphatic heterocycles. The second-order valence-electron chi connectivity index (χ2n) is 9.86. The molecule has 0 aromatic heterocycles. The van der Waals surface area contributed by atoms with Gasteiger partial charge in [-0.05, 0) is 55.7 Å². The molecule has 6 nitrogen and oxygen atoms in total. The topological polar surface area (TPSA) is 47.1 Å². The highest BCUT2D eigenvalue weighted by Crippen LogP contribution is 2.37. The molecular weight excluding hydrogens is 412 g/mol. The first-order valence-electron chi connectivity index (χ1n) is 11.8. The molecule has 1 aromatic rings. The Kier molecular flexibility index (Phi) is 5.86. The monoisotopic (exact) mass is 444 g/mol. The van der Waals surface area contributed by atoms with Crippen molar-refractivity contribution in [1.82, 2.24) is 14.7 Å². The lowest BCUT2D eigenvalue weighted by Crippen LogP contribution is -2.61. The van der Waals surface area contributed by atoms with Crippen molar-refractivity contribution in [1.29, 1.82) is 0 Å². The van der Waals surface area contributed by atoms with Gasteiger partial charge in [0.25, 0.3) is 0 Å². The summed E-state index contributed by atoms with van der Waals surface area (Å²) in [5.74, 6) is 1.65. The first-order valence-corrected chi connectivity index (χ1v) is 12.2. The number of carbonyl (C=O) groups excluding carboxylic acids is 2. The number of benzene rings is 1. The van der Waals surface area contributed by atoms with Crippen LogP contribution in [0.4, 0.5) is 5.69 Å². The van der Waals surface area contributed by atoms with Gasteiger partial charge in [-0.25, -0.2) is 0 Å². The van der Waals surface area contributed by atoms with Crippen LogP contribution in [0.3, 0.4) is 0 Å². The van der Waals surface area contributed by atoms with E-state index in [1.54, 1.807) is 0 Å². The average molecular weight is 445 g/mol. The third-order valence-electron chi connectivity index (χ3n) is 7.76. The summed E-state index contributed by atoms with van der Waals surface area (Å²) < 4.78 is 0. The van der Waals surface area contributed by atoms with E-state index in [0.29, 0.717) is 30.3 Å². The van der Waals surface area contributed by atoms with E-state index < -0.39 is 0 Å². The Morgan fingerprint density at radius 1 is 1.13 bits per heavy atom. The number of anilines is 1. The second-order valence-corrected chi connectivity index (χ2v) is 10.3. The summed E-state index contributed by atoms with van der Waals surface area (Å²) in [5, 5.41) is 0.757. The summed E-state index contributed by atoms with van der Waals surface area (Å²) in [4.78, 5) is 34.3. The van der Waals surface area contributed by atoms with Gasteiger partial charge < -0.3 is 14.7 Å². The van der Waals surface area contributed by atoms with Crippen LogP contribution in [0.2, 0.25) is 5.02 Å². The van der Waals surface area contributed by atoms with Gasteiger partial charge in [-0.1, -0.05) is 17.7 Å². The average Bonchev–Trinajstić information content (AvgIpc) is 2.76. The van der Waals surface area contributed by atoms with E-state index in [2.05, 4.69) is 27.7 Å². The highest BCUT2D eigenvalue weighted by Gasteiger charge is 2.44. The number of piperazine rings is 1. The predicted octanol–water partition coefficient (Wildman–Crippen LogP) is 2.63. The first-order chi connectivity index (χ1) is 15.0. The maximum absolute atomic E-state index is 13.1. The number of fused-ring (bicyclic) bond motifs is 4. The van der Waals surface area contributed by atoms with Crippen LogP contribution in [0.1, 0.15) is 31.2 Å².